The smallest absolute Gasteiger partial charge is 0.0720 e. The first kappa shape index (κ1) is 15.3. The van der Waals surface area contributed by atoms with Crippen LogP contribution in [0.5, 0.6) is 0 Å². The second-order valence-corrected chi connectivity index (χ2v) is 6.02. The Morgan fingerprint density at radius 1 is 1.25 bits per heavy atom. The zero-order chi connectivity index (χ0) is 14.4. The molecule has 1 aromatic carbocycles. The molecule has 2 rings (SSSR count). The molecule has 0 amide bonds. The van der Waals surface area contributed by atoms with Crippen molar-refractivity contribution in [3.8, 4) is 0 Å². The van der Waals surface area contributed by atoms with E-state index >= 15 is 0 Å². The van der Waals surface area contributed by atoms with Gasteiger partial charge in [0.1, 0.15) is 0 Å². The van der Waals surface area contributed by atoms with Crippen LogP contribution in [0.2, 0.25) is 0 Å². The minimum atomic E-state index is -0.00155. The average molecular weight is 274 g/mol. The number of methoxy groups -OCH3 is 1. The monoisotopic (exact) mass is 274 g/mol. The van der Waals surface area contributed by atoms with Crippen molar-refractivity contribution in [2.75, 3.05) is 7.11 Å². The first-order valence-electron chi connectivity index (χ1n) is 7.49. The standard InChI is InChI=1S/C18H26O2/c1-15(2)13-18(19-3)11-9-17(10-12-18)20-14-16-7-5-4-6-8-16/h4-8,17H,1,9-14H2,2-3H3. The van der Waals surface area contributed by atoms with Crippen molar-refractivity contribution < 1.29 is 9.47 Å². The Balaban J connectivity index is 1.80. The van der Waals surface area contributed by atoms with Crippen LogP contribution in [-0.2, 0) is 16.1 Å². The van der Waals surface area contributed by atoms with Crippen LogP contribution in [0.4, 0.5) is 0 Å². The normalized spacial score (nSPS) is 26.4. The van der Waals surface area contributed by atoms with Crippen LogP contribution in [0, 0.1) is 0 Å². The topological polar surface area (TPSA) is 18.5 Å². The van der Waals surface area contributed by atoms with Gasteiger partial charge in [-0.15, -0.1) is 6.58 Å². The lowest BCUT2D eigenvalue weighted by atomic mass is 9.79. The van der Waals surface area contributed by atoms with Gasteiger partial charge >= 0.3 is 0 Å². The van der Waals surface area contributed by atoms with E-state index in [4.69, 9.17) is 9.47 Å². The molecule has 1 saturated carbocycles. The van der Waals surface area contributed by atoms with Gasteiger partial charge in [0.05, 0.1) is 18.3 Å². The van der Waals surface area contributed by atoms with Crippen LogP contribution in [0.25, 0.3) is 0 Å². The van der Waals surface area contributed by atoms with Gasteiger partial charge in [-0.25, -0.2) is 0 Å². The molecule has 0 N–H and O–H groups in total. The average Bonchev–Trinajstić information content (AvgIpc) is 2.47. The van der Waals surface area contributed by atoms with E-state index in [1.807, 2.05) is 13.2 Å². The number of hydrogen-bond donors (Lipinski definition) is 0. The van der Waals surface area contributed by atoms with E-state index in [0.717, 1.165) is 32.1 Å². The van der Waals surface area contributed by atoms with Crippen LogP contribution in [0.1, 0.15) is 44.6 Å². The van der Waals surface area contributed by atoms with Gasteiger partial charge in [-0.3, -0.25) is 0 Å². The molecule has 2 heteroatoms. The fourth-order valence-electron chi connectivity index (χ4n) is 3.08. The first-order chi connectivity index (χ1) is 9.63. The van der Waals surface area contributed by atoms with Crippen molar-refractivity contribution in [3.63, 3.8) is 0 Å². The minimum Gasteiger partial charge on any atom is -0.378 e. The Kier molecular flexibility index (Phi) is 5.38. The van der Waals surface area contributed by atoms with Gasteiger partial charge in [0.25, 0.3) is 0 Å². The van der Waals surface area contributed by atoms with Gasteiger partial charge in [-0.1, -0.05) is 35.9 Å². The summed E-state index contributed by atoms with van der Waals surface area (Å²) in [5, 5.41) is 0. The van der Waals surface area contributed by atoms with Crippen LogP contribution in [-0.4, -0.2) is 18.8 Å². The fourth-order valence-corrected chi connectivity index (χ4v) is 3.08. The number of hydrogen-bond acceptors (Lipinski definition) is 2. The summed E-state index contributed by atoms with van der Waals surface area (Å²) >= 11 is 0. The molecule has 110 valence electrons. The molecule has 2 nitrogen and oxygen atoms in total. The van der Waals surface area contributed by atoms with E-state index in [-0.39, 0.29) is 5.60 Å². The van der Waals surface area contributed by atoms with E-state index < -0.39 is 0 Å². The first-order valence-corrected chi connectivity index (χ1v) is 7.49. The summed E-state index contributed by atoms with van der Waals surface area (Å²) < 4.78 is 11.8. The molecule has 0 radical (unpaired) electrons. The van der Waals surface area contributed by atoms with Crippen LogP contribution in [0.15, 0.2) is 42.5 Å². The molecule has 0 aromatic heterocycles. The molecule has 0 spiro atoms. The Labute approximate surface area is 122 Å². The lowest BCUT2D eigenvalue weighted by Crippen LogP contribution is -2.38. The molecule has 0 aliphatic heterocycles. The maximum absolute atomic E-state index is 6.03. The van der Waals surface area contributed by atoms with Gasteiger partial charge in [-0.2, -0.15) is 0 Å². The Bertz CT molecular complexity index is 416. The predicted octanol–water partition coefficient (Wildman–Crippen LogP) is 4.50. The summed E-state index contributed by atoms with van der Waals surface area (Å²) in [6, 6.07) is 10.4. The molecule has 0 heterocycles. The third-order valence-electron chi connectivity index (χ3n) is 4.23. The van der Waals surface area contributed by atoms with Crippen LogP contribution in [0.3, 0.4) is 0 Å². The van der Waals surface area contributed by atoms with Gasteiger partial charge in [0.2, 0.25) is 0 Å². The zero-order valence-corrected chi connectivity index (χ0v) is 12.7. The highest BCUT2D eigenvalue weighted by atomic mass is 16.5. The molecule has 0 atom stereocenters. The number of benzene rings is 1. The summed E-state index contributed by atoms with van der Waals surface area (Å²) in [4.78, 5) is 0. The summed E-state index contributed by atoms with van der Waals surface area (Å²) in [5.74, 6) is 0. The highest BCUT2D eigenvalue weighted by Crippen LogP contribution is 2.37. The van der Waals surface area contributed by atoms with Crippen molar-refractivity contribution >= 4 is 0 Å². The largest absolute Gasteiger partial charge is 0.378 e. The summed E-state index contributed by atoms with van der Waals surface area (Å²) in [6.45, 7) is 6.82. The fraction of sp³-hybridized carbons (Fsp3) is 0.556. The number of rotatable bonds is 6. The Morgan fingerprint density at radius 3 is 2.45 bits per heavy atom. The SMILES string of the molecule is C=C(C)CC1(OC)CCC(OCc2ccccc2)CC1. The van der Waals surface area contributed by atoms with Gasteiger partial charge in [0, 0.05) is 7.11 Å². The molecular formula is C18H26O2. The van der Waals surface area contributed by atoms with Crippen LogP contribution < -0.4 is 0 Å². The van der Waals surface area contributed by atoms with Crippen LogP contribution >= 0.6 is 0 Å². The van der Waals surface area contributed by atoms with Gasteiger partial charge in [-0.05, 0) is 44.6 Å². The van der Waals surface area contributed by atoms with Crippen molar-refractivity contribution in [1.29, 1.82) is 0 Å². The van der Waals surface area contributed by atoms with E-state index in [9.17, 15) is 0 Å². The van der Waals surface area contributed by atoms with Crippen molar-refractivity contribution in [2.24, 2.45) is 0 Å². The van der Waals surface area contributed by atoms with Crippen molar-refractivity contribution in [1.82, 2.24) is 0 Å². The van der Waals surface area contributed by atoms with E-state index in [0.29, 0.717) is 12.7 Å². The Morgan fingerprint density at radius 2 is 1.90 bits per heavy atom. The summed E-state index contributed by atoms with van der Waals surface area (Å²) in [6.07, 6.45) is 5.62. The van der Waals surface area contributed by atoms with Gasteiger partial charge in [0.15, 0.2) is 0 Å². The minimum absolute atomic E-state index is 0.00155. The van der Waals surface area contributed by atoms with Crippen molar-refractivity contribution in [3.05, 3.63) is 48.0 Å². The lowest BCUT2D eigenvalue weighted by molar-refractivity contribution is -0.0819. The molecule has 0 bridgehead atoms. The lowest BCUT2D eigenvalue weighted by Gasteiger charge is -2.39. The van der Waals surface area contributed by atoms with E-state index in [1.165, 1.54) is 11.1 Å². The second kappa shape index (κ2) is 7.05. The maximum atomic E-state index is 6.03. The second-order valence-electron chi connectivity index (χ2n) is 6.02. The molecule has 1 aliphatic carbocycles. The molecule has 20 heavy (non-hydrogen) atoms. The molecule has 1 aromatic rings. The number of ether oxygens (including phenoxy) is 2. The predicted molar refractivity (Wildman–Crippen MR) is 82.7 cm³/mol. The third-order valence-corrected chi connectivity index (χ3v) is 4.23. The highest BCUT2D eigenvalue weighted by Gasteiger charge is 2.35. The molecular weight excluding hydrogens is 248 g/mol. The quantitative estimate of drug-likeness (QED) is 0.711. The zero-order valence-electron chi connectivity index (χ0n) is 12.7. The van der Waals surface area contributed by atoms with E-state index in [1.54, 1.807) is 0 Å². The molecule has 1 fully saturated rings. The molecule has 0 unspecified atom stereocenters. The Hall–Kier alpha value is -1.12. The highest BCUT2D eigenvalue weighted by molar-refractivity contribution is 5.13. The maximum Gasteiger partial charge on any atom is 0.0720 e. The van der Waals surface area contributed by atoms with Crippen molar-refractivity contribution in [2.45, 2.75) is 57.3 Å². The third kappa shape index (κ3) is 4.19. The van der Waals surface area contributed by atoms with Gasteiger partial charge < -0.3 is 9.47 Å². The van der Waals surface area contributed by atoms with E-state index in [2.05, 4.69) is 37.8 Å². The molecule has 1 aliphatic rings. The molecule has 0 saturated heterocycles. The summed E-state index contributed by atoms with van der Waals surface area (Å²) in [7, 11) is 1.83. The summed E-state index contributed by atoms with van der Waals surface area (Å²) in [5.41, 5.74) is 2.45.